The largest absolute Gasteiger partial charge is 0.497 e. The number of aryl methyl sites for hydroxylation is 1. The number of rotatable bonds is 5. The van der Waals surface area contributed by atoms with E-state index in [4.69, 9.17) is 9.47 Å². The van der Waals surface area contributed by atoms with Crippen LogP contribution in [0.5, 0.6) is 11.5 Å². The first kappa shape index (κ1) is 16.3. The molecular formula is C20H25N3O2. The molecule has 0 spiro atoms. The summed E-state index contributed by atoms with van der Waals surface area (Å²) in [5.41, 5.74) is 2.98. The van der Waals surface area contributed by atoms with Crippen molar-refractivity contribution in [3.63, 3.8) is 0 Å². The molecular weight excluding hydrogens is 314 g/mol. The van der Waals surface area contributed by atoms with Crippen LogP contribution in [0.15, 0.2) is 36.9 Å². The van der Waals surface area contributed by atoms with E-state index in [1.807, 2.05) is 0 Å². The summed E-state index contributed by atoms with van der Waals surface area (Å²) >= 11 is 0. The Morgan fingerprint density at radius 3 is 2.64 bits per heavy atom. The van der Waals surface area contributed by atoms with Crippen molar-refractivity contribution < 1.29 is 9.47 Å². The van der Waals surface area contributed by atoms with E-state index in [1.54, 1.807) is 19.5 Å². The van der Waals surface area contributed by atoms with Gasteiger partial charge < -0.3 is 14.4 Å². The van der Waals surface area contributed by atoms with Crippen LogP contribution >= 0.6 is 0 Å². The van der Waals surface area contributed by atoms with Gasteiger partial charge in [-0.15, -0.1) is 0 Å². The summed E-state index contributed by atoms with van der Waals surface area (Å²) < 4.78 is 11.4. The minimum Gasteiger partial charge on any atom is -0.497 e. The number of hydrogen-bond acceptors (Lipinski definition) is 5. The maximum atomic E-state index is 5.99. The highest BCUT2D eigenvalue weighted by Gasteiger charge is 2.27. The Bertz CT molecular complexity index is 699. The predicted molar refractivity (Wildman–Crippen MR) is 96.2 cm³/mol. The van der Waals surface area contributed by atoms with Crippen LogP contribution in [0.4, 0.5) is 0 Å². The average molecular weight is 339 g/mol. The molecule has 25 heavy (non-hydrogen) atoms. The molecule has 5 nitrogen and oxygen atoms in total. The lowest BCUT2D eigenvalue weighted by Gasteiger charge is -2.33. The van der Waals surface area contributed by atoms with Gasteiger partial charge in [0.05, 0.1) is 19.5 Å². The first-order valence-corrected chi connectivity index (χ1v) is 9.12. The van der Waals surface area contributed by atoms with E-state index in [0.717, 1.165) is 44.0 Å². The zero-order valence-corrected chi connectivity index (χ0v) is 14.7. The van der Waals surface area contributed by atoms with Gasteiger partial charge in [0, 0.05) is 19.6 Å². The predicted octanol–water partition coefficient (Wildman–Crippen LogP) is 3.06. The van der Waals surface area contributed by atoms with Crippen LogP contribution in [0.3, 0.4) is 0 Å². The molecule has 2 heterocycles. The lowest BCUT2D eigenvalue weighted by molar-refractivity contribution is 0.0963. The molecule has 1 aromatic carbocycles. The second-order valence-electron chi connectivity index (χ2n) is 6.99. The minimum atomic E-state index is 0.276. The SMILES string of the molecule is COc1ccc2c(c1)C(CN1CCC(Oc3cncnc3)CC1)CC2. The van der Waals surface area contributed by atoms with Crippen LogP contribution in [0.25, 0.3) is 0 Å². The number of fused-ring (bicyclic) bond motifs is 1. The third kappa shape index (κ3) is 3.76. The Hall–Kier alpha value is -2.14. The second kappa shape index (κ2) is 7.40. The number of aromatic nitrogens is 2. The molecule has 0 N–H and O–H groups in total. The number of piperidine rings is 1. The van der Waals surface area contributed by atoms with Gasteiger partial charge in [0.2, 0.25) is 0 Å². The molecule has 132 valence electrons. The number of nitrogens with zero attached hydrogens (tertiary/aromatic N) is 3. The lowest BCUT2D eigenvalue weighted by Crippen LogP contribution is -2.40. The number of benzene rings is 1. The Kier molecular flexibility index (Phi) is 4.83. The molecule has 1 unspecified atom stereocenters. The van der Waals surface area contributed by atoms with E-state index < -0.39 is 0 Å². The van der Waals surface area contributed by atoms with Gasteiger partial charge in [0.15, 0.2) is 5.75 Å². The van der Waals surface area contributed by atoms with Crippen LogP contribution in [-0.2, 0) is 6.42 Å². The van der Waals surface area contributed by atoms with Gasteiger partial charge in [-0.05, 0) is 54.9 Å². The Morgan fingerprint density at radius 1 is 1.08 bits per heavy atom. The van der Waals surface area contributed by atoms with E-state index in [1.165, 1.54) is 30.3 Å². The van der Waals surface area contributed by atoms with Crippen LogP contribution < -0.4 is 9.47 Å². The van der Waals surface area contributed by atoms with E-state index in [0.29, 0.717) is 5.92 Å². The highest BCUT2D eigenvalue weighted by molar-refractivity contribution is 5.41. The van der Waals surface area contributed by atoms with E-state index in [9.17, 15) is 0 Å². The fourth-order valence-electron chi connectivity index (χ4n) is 4.04. The van der Waals surface area contributed by atoms with Crippen molar-refractivity contribution in [2.24, 2.45) is 0 Å². The summed E-state index contributed by atoms with van der Waals surface area (Å²) in [4.78, 5) is 10.6. The van der Waals surface area contributed by atoms with E-state index >= 15 is 0 Å². The standard InChI is InChI=1S/C20H25N3O2/c1-24-18-5-4-15-2-3-16(20(15)10-18)13-23-8-6-17(7-9-23)25-19-11-21-14-22-12-19/h4-5,10-12,14,16-17H,2-3,6-9,13H2,1H3. The summed E-state index contributed by atoms with van der Waals surface area (Å²) in [5.74, 6) is 2.38. The Morgan fingerprint density at radius 2 is 1.88 bits per heavy atom. The van der Waals surface area contributed by atoms with Gasteiger partial charge in [0.25, 0.3) is 0 Å². The summed E-state index contributed by atoms with van der Waals surface area (Å²) in [6, 6.07) is 6.55. The third-order valence-corrected chi connectivity index (χ3v) is 5.41. The van der Waals surface area contributed by atoms with E-state index in [2.05, 4.69) is 33.1 Å². The normalized spacial score (nSPS) is 21.1. The number of ether oxygens (including phenoxy) is 2. The van der Waals surface area contributed by atoms with Gasteiger partial charge >= 0.3 is 0 Å². The molecule has 0 amide bonds. The smallest absolute Gasteiger partial charge is 0.156 e. The maximum Gasteiger partial charge on any atom is 0.156 e. The summed E-state index contributed by atoms with van der Waals surface area (Å²) in [7, 11) is 1.74. The Balaban J connectivity index is 1.31. The van der Waals surface area contributed by atoms with Crippen molar-refractivity contribution in [3.8, 4) is 11.5 Å². The van der Waals surface area contributed by atoms with Gasteiger partial charge in [0.1, 0.15) is 18.2 Å². The molecule has 4 rings (SSSR count). The quantitative estimate of drug-likeness (QED) is 0.838. The van der Waals surface area contributed by atoms with Crippen molar-refractivity contribution >= 4 is 0 Å². The summed E-state index contributed by atoms with van der Waals surface area (Å²) in [6.45, 7) is 3.32. The number of methoxy groups -OCH3 is 1. The van der Waals surface area contributed by atoms with Crippen molar-refractivity contribution in [1.29, 1.82) is 0 Å². The summed E-state index contributed by atoms with van der Waals surface area (Å²) in [6.07, 6.45) is 9.85. The minimum absolute atomic E-state index is 0.276. The van der Waals surface area contributed by atoms with Crippen LogP contribution in [0.2, 0.25) is 0 Å². The van der Waals surface area contributed by atoms with Gasteiger partial charge in [-0.2, -0.15) is 0 Å². The maximum absolute atomic E-state index is 5.99. The molecule has 1 aliphatic carbocycles. The lowest BCUT2D eigenvalue weighted by atomic mass is 9.98. The van der Waals surface area contributed by atoms with E-state index in [-0.39, 0.29) is 6.10 Å². The first-order valence-electron chi connectivity index (χ1n) is 9.12. The molecule has 1 aromatic heterocycles. The number of hydrogen-bond donors (Lipinski definition) is 0. The van der Waals surface area contributed by atoms with Crippen LogP contribution in [0, 0.1) is 0 Å². The molecule has 0 saturated carbocycles. The zero-order valence-electron chi connectivity index (χ0n) is 14.7. The molecule has 0 radical (unpaired) electrons. The zero-order chi connectivity index (χ0) is 17.1. The van der Waals surface area contributed by atoms with Crippen molar-refractivity contribution in [1.82, 2.24) is 14.9 Å². The molecule has 2 aromatic rings. The van der Waals surface area contributed by atoms with Crippen LogP contribution in [-0.4, -0.2) is 47.7 Å². The highest BCUT2D eigenvalue weighted by atomic mass is 16.5. The number of likely N-dealkylation sites (tertiary alicyclic amines) is 1. The topological polar surface area (TPSA) is 47.5 Å². The fourth-order valence-corrected chi connectivity index (χ4v) is 4.04. The average Bonchev–Trinajstić information content (AvgIpc) is 3.06. The molecule has 1 saturated heterocycles. The molecule has 5 heteroatoms. The second-order valence-corrected chi connectivity index (χ2v) is 6.99. The van der Waals surface area contributed by atoms with Gasteiger partial charge in [-0.3, -0.25) is 0 Å². The highest BCUT2D eigenvalue weighted by Crippen LogP contribution is 2.36. The van der Waals surface area contributed by atoms with Gasteiger partial charge in [-0.1, -0.05) is 6.07 Å². The van der Waals surface area contributed by atoms with Crippen molar-refractivity contribution in [2.45, 2.75) is 37.7 Å². The van der Waals surface area contributed by atoms with Crippen LogP contribution in [0.1, 0.15) is 36.3 Å². The van der Waals surface area contributed by atoms with Gasteiger partial charge in [-0.25, -0.2) is 9.97 Å². The fraction of sp³-hybridized carbons (Fsp3) is 0.500. The summed E-state index contributed by atoms with van der Waals surface area (Å²) in [5, 5.41) is 0. The molecule has 1 aliphatic heterocycles. The molecule has 2 aliphatic rings. The molecule has 0 bridgehead atoms. The van der Waals surface area contributed by atoms with Crippen molar-refractivity contribution in [2.75, 3.05) is 26.7 Å². The van der Waals surface area contributed by atoms with Crippen molar-refractivity contribution in [3.05, 3.63) is 48.0 Å². The molecule has 1 fully saturated rings. The Labute approximate surface area is 149 Å². The monoisotopic (exact) mass is 339 g/mol. The third-order valence-electron chi connectivity index (χ3n) is 5.41. The first-order chi connectivity index (χ1) is 12.3. The molecule has 1 atom stereocenters.